The van der Waals surface area contributed by atoms with E-state index in [1.54, 1.807) is 38.7 Å². The quantitative estimate of drug-likeness (QED) is 0.135. The monoisotopic (exact) mass is 597 g/mol. The Hall–Kier alpha value is -2.60. The van der Waals surface area contributed by atoms with Crippen molar-refractivity contribution in [2.45, 2.75) is 104 Å². The van der Waals surface area contributed by atoms with Crippen molar-refractivity contribution in [1.29, 1.82) is 0 Å². The minimum Gasteiger partial charge on any atom is -0.465 e. The van der Waals surface area contributed by atoms with Crippen LogP contribution in [0, 0.1) is 0 Å². The van der Waals surface area contributed by atoms with E-state index in [1.807, 2.05) is 6.92 Å². The number of likely N-dealkylation sites (N-methyl/N-ethyl adjacent to an activating group) is 1. The molecule has 0 fully saturated rings. The number of hydrogen-bond donors (Lipinski definition) is 2. The molecule has 0 aliphatic rings. The van der Waals surface area contributed by atoms with Crippen molar-refractivity contribution in [3.8, 4) is 0 Å². The zero-order chi connectivity index (χ0) is 30.6. The Morgan fingerprint density at radius 3 is 2.34 bits per heavy atom. The molecule has 41 heavy (non-hydrogen) atoms. The number of rotatable bonds is 19. The van der Waals surface area contributed by atoms with Gasteiger partial charge >= 0.3 is 11.9 Å². The van der Waals surface area contributed by atoms with Crippen LogP contribution in [0.1, 0.15) is 80.1 Å². The first kappa shape index (κ1) is 34.6. The lowest BCUT2D eigenvalue weighted by Crippen LogP contribution is -2.50. The van der Waals surface area contributed by atoms with Gasteiger partial charge in [0, 0.05) is 0 Å². The van der Waals surface area contributed by atoms with E-state index in [9.17, 15) is 14.2 Å². The lowest BCUT2D eigenvalue weighted by molar-refractivity contribution is -0.149. The number of nitrogens with two attached hydrogens (primary N) is 1. The molecule has 2 aromatic rings. The minimum atomic E-state index is -3.70. The summed E-state index contributed by atoms with van der Waals surface area (Å²) < 4.78 is 34.7. The summed E-state index contributed by atoms with van der Waals surface area (Å²) in [5, 5.41) is 2.99. The van der Waals surface area contributed by atoms with Gasteiger partial charge in [-0.1, -0.05) is 39.5 Å². The molecular weight excluding hydrogens is 549 g/mol. The van der Waals surface area contributed by atoms with E-state index in [1.165, 1.54) is 11.0 Å². The summed E-state index contributed by atoms with van der Waals surface area (Å²) >= 11 is 0. The molecule has 2 heterocycles. The van der Waals surface area contributed by atoms with Gasteiger partial charge in [0.1, 0.15) is 29.8 Å². The van der Waals surface area contributed by atoms with Crippen molar-refractivity contribution >= 4 is 36.4 Å². The number of unbranched alkanes of at least 4 members (excludes halogenated alkanes) is 4. The number of hydrogen-bond acceptors (Lipinski definition) is 10. The fourth-order valence-corrected chi connectivity index (χ4v) is 6.53. The van der Waals surface area contributed by atoms with E-state index < -0.39 is 37.1 Å². The van der Waals surface area contributed by atoms with Crippen molar-refractivity contribution in [2.75, 3.05) is 32.3 Å². The third-order valence-electron chi connectivity index (χ3n) is 6.77. The second-order valence-corrected chi connectivity index (χ2v) is 13.4. The number of nitrogen functional groups attached to an aromatic ring is 1. The van der Waals surface area contributed by atoms with Crippen LogP contribution in [0.15, 0.2) is 12.7 Å². The molecule has 0 aromatic carbocycles. The van der Waals surface area contributed by atoms with Crippen LogP contribution in [-0.4, -0.2) is 80.4 Å². The van der Waals surface area contributed by atoms with Crippen molar-refractivity contribution in [2.24, 2.45) is 0 Å². The van der Waals surface area contributed by atoms with Gasteiger partial charge in [-0.25, -0.2) is 24.7 Å². The molecular formula is C27H48N7O6P. The van der Waals surface area contributed by atoms with Crippen LogP contribution in [-0.2, 0) is 34.9 Å². The maximum Gasteiger partial charge on any atom is 0.326 e. The molecule has 0 saturated carbocycles. The molecule has 0 saturated heterocycles. The number of carbonyl (C=O) groups excluding carboxylic acids is 2. The summed E-state index contributed by atoms with van der Waals surface area (Å²) in [6, 6.07) is -0.859. The van der Waals surface area contributed by atoms with Crippen LogP contribution in [0.25, 0.3) is 11.2 Å². The molecule has 2 rings (SSSR count). The molecule has 14 heteroatoms. The fraction of sp³-hybridized carbons (Fsp3) is 0.741. The summed E-state index contributed by atoms with van der Waals surface area (Å²) in [6.45, 7) is 11.7. The summed E-state index contributed by atoms with van der Waals surface area (Å²) in [6.07, 6.45) is 7.62. The highest BCUT2D eigenvalue weighted by molar-refractivity contribution is 7.59. The highest BCUT2D eigenvalue weighted by Crippen LogP contribution is 2.48. The van der Waals surface area contributed by atoms with E-state index >= 15 is 0 Å². The third kappa shape index (κ3) is 10.0. The number of nitrogens with one attached hydrogen (secondary N) is 1. The molecule has 13 nitrogen and oxygen atoms in total. The molecule has 0 aliphatic carbocycles. The summed E-state index contributed by atoms with van der Waals surface area (Å²) in [7, 11) is -2.14. The summed E-state index contributed by atoms with van der Waals surface area (Å²) in [5.74, 6) is -0.759. The van der Waals surface area contributed by atoms with Crippen LogP contribution in [0.3, 0.4) is 0 Å². The number of carbonyl (C=O) groups is 2. The number of ether oxygens (including phenoxy) is 3. The summed E-state index contributed by atoms with van der Waals surface area (Å²) in [5.41, 5.74) is 5.61. The number of imidazole rings is 1. The van der Waals surface area contributed by atoms with Crippen LogP contribution in [0.4, 0.5) is 5.82 Å². The van der Waals surface area contributed by atoms with Gasteiger partial charge in [-0.2, -0.15) is 0 Å². The van der Waals surface area contributed by atoms with Gasteiger partial charge in [-0.05, 0) is 47.6 Å². The first-order valence-electron chi connectivity index (χ1n) is 14.3. The zero-order valence-electron chi connectivity index (χ0n) is 25.6. The summed E-state index contributed by atoms with van der Waals surface area (Å²) in [4.78, 5) is 38.2. The van der Waals surface area contributed by atoms with E-state index in [-0.39, 0.29) is 18.8 Å². The highest BCUT2D eigenvalue weighted by atomic mass is 31.2. The Morgan fingerprint density at radius 2 is 1.71 bits per heavy atom. The van der Waals surface area contributed by atoms with Gasteiger partial charge in [-0.3, -0.25) is 14.2 Å². The molecule has 2 aromatic heterocycles. The standard InChI is InChI=1S/C27H48N7O6P/c1-8-10-12-14-38-25(35)21(4)33(7)41(37,32-27(5,6)26(36)39-15-13-11-9-2)19-40-20(3)16-34-18-31-22-23(28)29-17-30-24(22)34/h17-18,20-21H,8-16,19H2,1-7H3,(H,32,37)(H2,28,29,30). The average Bonchev–Trinajstić information content (AvgIpc) is 3.34. The largest absolute Gasteiger partial charge is 0.465 e. The van der Waals surface area contributed by atoms with Gasteiger partial charge in [0.15, 0.2) is 11.5 Å². The van der Waals surface area contributed by atoms with Crippen molar-refractivity contribution in [3.05, 3.63) is 12.7 Å². The van der Waals surface area contributed by atoms with Crippen molar-refractivity contribution in [3.63, 3.8) is 0 Å². The normalized spacial score (nSPS) is 15.0. The topological polar surface area (TPSA) is 164 Å². The Labute approximate surface area is 243 Å². The van der Waals surface area contributed by atoms with E-state index in [2.05, 4.69) is 33.9 Å². The Morgan fingerprint density at radius 1 is 1.07 bits per heavy atom. The van der Waals surface area contributed by atoms with Gasteiger partial charge in [0.25, 0.3) is 0 Å². The number of fused-ring (bicyclic) bond motifs is 1. The number of anilines is 1. The zero-order valence-corrected chi connectivity index (χ0v) is 26.5. The predicted molar refractivity (Wildman–Crippen MR) is 158 cm³/mol. The SMILES string of the molecule is CCCCCOC(=O)C(C)N(C)P(=O)(COC(C)Cn1cnc2c(N)ncnc21)NC(C)(C)C(=O)OCCCCC. The lowest BCUT2D eigenvalue weighted by atomic mass is 10.1. The van der Waals surface area contributed by atoms with Crippen LogP contribution in [0.2, 0.25) is 0 Å². The van der Waals surface area contributed by atoms with Gasteiger partial charge in [0.2, 0.25) is 7.44 Å². The smallest absolute Gasteiger partial charge is 0.326 e. The Bertz CT molecular complexity index is 1170. The minimum absolute atomic E-state index is 0.275. The molecule has 0 spiro atoms. The third-order valence-corrected chi connectivity index (χ3v) is 9.54. The highest BCUT2D eigenvalue weighted by Gasteiger charge is 2.43. The molecule has 0 radical (unpaired) electrons. The van der Waals surface area contributed by atoms with Crippen LogP contribution >= 0.6 is 7.44 Å². The lowest BCUT2D eigenvalue weighted by Gasteiger charge is -2.37. The van der Waals surface area contributed by atoms with E-state index in [0.29, 0.717) is 24.3 Å². The first-order chi connectivity index (χ1) is 19.4. The molecule has 3 unspecified atom stereocenters. The number of nitrogens with zero attached hydrogens (tertiary/aromatic N) is 5. The van der Waals surface area contributed by atoms with E-state index in [4.69, 9.17) is 19.9 Å². The predicted octanol–water partition coefficient (Wildman–Crippen LogP) is 4.12. The molecule has 3 atom stereocenters. The molecule has 3 N–H and O–H groups in total. The second-order valence-electron chi connectivity index (χ2n) is 10.8. The molecule has 0 bridgehead atoms. The Balaban J connectivity index is 2.18. The van der Waals surface area contributed by atoms with Crippen LogP contribution < -0.4 is 10.8 Å². The van der Waals surface area contributed by atoms with Crippen molar-refractivity contribution < 1.29 is 28.4 Å². The molecule has 0 amide bonds. The number of esters is 2. The first-order valence-corrected chi connectivity index (χ1v) is 16.2. The van der Waals surface area contributed by atoms with E-state index in [0.717, 1.165) is 38.5 Å². The van der Waals surface area contributed by atoms with Gasteiger partial charge in [0.05, 0.1) is 32.2 Å². The van der Waals surface area contributed by atoms with Crippen LogP contribution in [0.5, 0.6) is 0 Å². The average molecular weight is 598 g/mol. The fourth-order valence-electron chi connectivity index (χ4n) is 4.05. The van der Waals surface area contributed by atoms with Crippen molar-refractivity contribution in [1.82, 2.24) is 29.3 Å². The second kappa shape index (κ2) is 16.1. The maximum atomic E-state index is 14.5. The molecule has 232 valence electrons. The maximum absolute atomic E-state index is 14.5. The Kier molecular flexibility index (Phi) is 13.6. The molecule has 0 aliphatic heterocycles. The van der Waals surface area contributed by atoms with Gasteiger partial charge < -0.3 is 24.5 Å². The number of aromatic nitrogens is 4. The van der Waals surface area contributed by atoms with Gasteiger partial charge in [-0.15, -0.1) is 0 Å².